The summed E-state index contributed by atoms with van der Waals surface area (Å²) in [4.78, 5) is 0. The maximum absolute atomic E-state index is 4.31. The number of aryl methyl sites for hydroxylation is 2. The maximum Gasteiger partial charge on any atom is 0.0638 e. The van der Waals surface area contributed by atoms with Crippen LogP contribution in [0.15, 0.2) is 6.20 Å². The first-order valence-electron chi connectivity index (χ1n) is 6.00. The van der Waals surface area contributed by atoms with E-state index in [0.29, 0.717) is 0 Å². The SMILES string of the molecule is Cc1nn(C)cc1CNCCNCC(C)C. The maximum atomic E-state index is 4.31. The number of hydrogen-bond acceptors (Lipinski definition) is 3. The summed E-state index contributed by atoms with van der Waals surface area (Å²) in [5.74, 6) is 0.723. The molecule has 0 spiro atoms. The Labute approximate surface area is 98.4 Å². The first-order chi connectivity index (χ1) is 7.59. The number of rotatable bonds is 7. The predicted molar refractivity (Wildman–Crippen MR) is 67.4 cm³/mol. The molecule has 4 nitrogen and oxygen atoms in total. The van der Waals surface area contributed by atoms with Gasteiger partial charge in [-0.3, -0.25) is 4.68 Å². The normalized spacial score (nSPS) is 11.3. The monoisotopic (exact) mass is 224 g/mol. The fraction of sp³-hybridized carbons (Fsp3) is 0.750. The highest BCUT2D eigenvalue weighted by Gasteiger charge is 2.01. The van der Waals surface area contributed by atoms with Crippen LogP contribution in [-0.2, 0) is 13.6 Å². The van der Waals surface area contributed by atoms with Crippen molar-refractivity contribution in [1.82, 2.24) is 20.4 Å². The average molecular weight is 224 g/mol. The molecule has 0 aliphatic rings. The van der Waals surface area contributed by atoms with E-state index in [-0.39, 0.29) is 0 Å². The first kappa shape index (κ1) is 13.2. The Balaban J connectivity index is 2.09. The zero-order valence-electron chi connectivity index (χ0n) is 10.9. The van der Waals surface area contributed by atoms with Crippen LogP contribution < -0.4 is 10.6 Å². The lowest BCUT2D eigenvalue weighted by atomic mass is 10.2. The van der Waals surface area contributed by atoms with E-state index in [1.54, 1.807) is 0 Å². The molecule has 0 amide bonds. The Kier molecular flexibility index (Phi) is 5.49. The second-order valence-corrected chi connectivity index (χ2v) is 4.69. The van der Waals surface area contributed by atoms with Crippen LogP contribution in [0, 0.1) is 12.8 Å². The molecule has 2 N–H and O–H groups in total. The van der Waals surface area contributed by atoms with Crippen LogP contribution in [0.5, 0.6) is 0 Å². The minimum Gasteiger partial charge on any atom is -0.315 e. The number of aromatic nitrogens is 2. The van der Waals surface area contributed by atoms with Crippen molar-refractivity contribution in [3.8, 4) is 0 Å². The smallest absolute Gasteiger partial charge is 0.0638 e. The summed E-state index contributed by atoms with van der Waals surface area (Å²) in [6.45, 7) is 10.5. The van der Waals surface area contributed by atoms with Crippen molar-refractivity contribution in [2.24, 2.45) is 13.0 Å². The highest BCUT2D eigenvalue weighted by atomic mass is 15.2. The van der Waals surface area contributed by atoms with Crippen LogP contribution >= 0.6 is 0 Å². The van der Waals surface area contributed by atoms with Crippen molar-refractivity contribution in [3.63, 3.8) is 0 Å². The van der Waals surface area contributed by atoms with Crippen LogP contribution in [-0.4, -0.2) is 29.4 Å². The summed E-state index contributed by atoms with van der Waals surface area (Å²) in [7, 11) is 1.96. The van der Waals surface area contributed by atoms with E-state index in [1.807, 2.05) is 18.7 Å². The van der Waals surface area contributed by atoms with Gasteiger partial charge in [-0.2, -0.15) is 5.10 Å². The van der Waals surface area contributed by atoms with Gasteiger partial charge in [-0.15, -0.1) is 0 Å². The molecule has 0 bridgehead atoms. The summed E-state index contributed by atoms with van der Waals surface area (Å²) in [6.07, 6.45) is 2.07. The number of nitrogens with zero attached hydrogens (tertiary/aromatic N) is 2. The fourth-order valence-electron chi connectivity index (χ4n) is 1.61. The molecule has 0 saturated heterocycles. The lowest BCUT2D eigenvalue weighted by Gasteiger charge is -2.07. The first-order valence-corrected chi connectivity index (χ1v) is 6.00. The van der Waals surface area contributed by atoms with Gasteiger partial charge in [0.15, 0.2) is 0 Å². The second-order valence-electron chi connectivity index (χ2n) is 4.69. The van der Waals surface area contributed by atoms with Gasteiger partial charge in [0.2, 0.25) is 0 Å². The Morgan fingerprint density at radius 3 is 2.56 bits per heavy atom. The highest BCUT2D eigenvalue weighted by molar-refractivity contribution is 5.14. The zero-order valence-corrected chi connectivity index (χ0v) is 10.9. The summed E-state index contributed by atoms with van der Waals surface area (Å²) >= 11 is 0. The third kappa shape index (κ3) is 4.77. The molecular formula is C12H24N4. The van der Waals surface area contributed by atoms with Gasteiger partial charge in [0.25, 0.3) is 0 Å². The van der Waals surface area contributed by atoms with Crippen LogP contribution in [0.3, 0.4) is 0 Å². The molecular weight excluding hydrogens is 200 g/mol. The van der Waals surface area contributed by atoms with Gasteiger partial charge in [0.05, 0.1) is 5.69 Å². The molecule has 0 aromatic carbocycles. The van der Waals surface area contributed by atoms with Crippen molar-refractivity contribution >= 4 is 0 Å². The Morgan fingerprint density at radius 1 is 1.31 bits per heavy atom. The van der Waals surface area contributed by atoms with Crippen molar-refractivity contribution in [1.29, 1.82) is 0 Å². The quantitative estimate of drug-likeness (QED) is 0.681. The minimum absolute atomic E-state index is 0.723. The van der Waals surface area contributed by atoms with Gasteiger partial charge < -0.3 is 10.6 Å². The van der Waals surface area contributed by atoms with Gasteiger partial charge in [-0.1, -0.05) is 13.8 Å². The van der Waals surface area contributed by atoms with E-state index in [2.05, 4.69) is 35.8 Å². The molecule has 1 rings (SSSR count). The van der Waals surface area contributed by atoms with Gasteiger partial charge in [-0.05, 0) is 19.4 Å². The second kappa shape index (κ2) is 6.66. The van der Waals surface area contributed by atoms with Crippen LogP contribution in [0.25, 0.3) is 0 Å². The van der Waals surface area contributed by atoms with E-state index in [0.717, 1.165) is 37.8 Å². The molecule has 92 valence electrons. The summed E-state index contributed by atoms with van der Waals surface area (Å²) in [5.41, 5.74) is 2.40. The Hall–Kier alpha value is -0.870. The third-order valence-corrected chi connectivity index (χ3v) is 2.46. The van der Waals surface area contributed by atoms with Crippen LogP contribution in [0.2, 0.25) is 0 Å². The van der Waals surface area contributed by atoms with Crippen molar-refractivity contribution in [2.75, 3.05) is 19.6 Å². The molecule has 0 saturated carbocycles. The summed E-state index contributed by atoms with van der Waals surface area (Å²) in [6, 6.07) is 0. The van der Waals surface area contributed by atoms with E-state index in [1.165, 1.54) is 5.56 Å². The van der Waals surface area contributed by atoms with Gasteiger partial charge in [-0.25, -0.2) is 0 Å². The minimum atomic E-state index is 0.723. The van der Waals surface area contributed by atoms with E-state index in [9.17, 15) is 0 Å². The standard InChI is InChI=1S/C12H24N4/c1-10(2)7-13-5-6-14-8-12-9-16(4)15-11(12)3/h9-10,13-14H,5-8H2,1-4H3. The molecule has 1 heterocycles. The molecule has 16 heavy (non-hydrogen) atoms. The Morgan fingerprint density at radius 2 is 2.00 bits per heavy atom. The number of nitrogens with one attached hydrogen (secondary N) is 2. The summed E-state index contributed by atoms with van der Waals surface area (Å²) < 4.78 is 1.86. The molecule has 0 radical (unpaired) electrons. The summed E-state index contributed by atoms with van der Waals surface area (Å²) in [5, 5.41) is 11.1. The lowest BCUT2D eigenvalue weighted by Crippen LogP contribution is -2.29. The molecule has 1 aromatic heterocycles. The molecule has 0 atom stereocenters. The third-order valence-electron chi connectivity index (χ3n) is 2.46. The highest BCUT2D eigenvalue weighted by Crippen LogP contribution is 2.03. The zero-order chi connectivity index (χ0) is 12.0. The van der Waals surface area contributed by atoms with E-state index >= 15 is 0 Å². The molecule has 1 aromatic rings. The fourth-order valence-corrected chi connectivity index (χ4v) is 1.61. The molecule has 4 heteroatoms. The Bertz CT molecular complexity index is 304. The molecule has 0 fully saturated rings. The molecule has 0 aliphatic heterocycles. The lowest BCUT2D eigenvalue weighted by molar-refractivity contribution is 0.535. The van der Waals surface area contributed by atoms with Crippen LogP contribution in [0.4, 0.5) is 0 Å². The van der Waals surface area contributed by atoms with Gasteiger partial charge >= 0.3 is 0 Å². The van der Waals surface area contributed by atoms with Gasteiger partial charge in [0, 0.05) is 38.4 Å². The van der Waals surface area contributed by atoms with E-state index in [4.69, 9.17) is 0 Å². The van der Waals surface area contributed by atoms with Crippen molar-refractivity contribution < 1.29 is 0 Å². The van der Waals surface area contributed by atoms with Crippen LogP contribution in [0.1, 0.15) is 25.1 Å². The largest absolute Gasteiger partial charge is 0.315 e. The van der Waals surface area contributed by atoms with E-state index < -0.39 is 0 Å². The van der Waals surface area contributed by atoms with Gasteiger partial charge in [0.1, 0.15) is 0 Å². The average Bonchev–Trinajstić information content (AvgIpc) is 2.50. The van der Waals surface area contributed by atoms with Crippen molar-refractivity contribution in [2.45, 2.75) is 27.3 Å². The molecule has 0 unspecified atom stereocenters. The number of hydrogen-bond donors (Lipinski definition) is 2. The topological polar surface area (TPSA) is 41.9 Å². The predicted octanol–water partition coefficient (Wildman–Crippen LogP) is 1.06. The molecule has 0 aliphatic carbocycles. The van der Waals surface area contributed by atoms with Crippen molar-refractivity contribution in [3.05, 3.63) is 17.5 Å².